The third-order valence-corrected chi connectivity index (χ3v) is 8.87. The largest absolute Gasteiger partial charge is 0.213 e. The van der Waals surface area contributed by atoms with E-state index in [2.05, 4.69) is 94.0 Å². The molecule has 3 heteroatoms. The average Bonchev–Trinajstić information content (AvgIpc) is 3.49. The Balaban J connectivity index is 0.000000199. The Kier molecular flexibility index (Phi) is 11.8. The molecule has 0 fully saturated rings. The highest BCUT2D eigenvalue weighted by Gasteiger charge is 2.19. The zero-order valence-corrected chi connectivity index (χ0v) is 28.9. The molecule has 0 radical (unpaired) electrons. The van der Waals surface area contributed by atoms with Gasteiger partial charge in [0.15, 0.2) is 11.6 Å². The van der Waals surface area contributed by atoms with Gasteiger partial charge in [0.2, 0.25) is 0 Å². The summed E-state index contributed by atoms with van der Waals surface area (Å²) in [7, 11) is 0. The van der Waals surface area contributed by atoms with E-state index < -0.39 is 0 Å². The van der Waals surface area contributed by atoms with Crippen molar-refractivity contribution >= 4 is 0 Å². The summed E-state index contributed by atoms with van der Waals surface area (Å²) in [6, 6.07) is 37.2. The maximum atomic E-state index is 4.73. The van der Waals surface area contributed by atoms with E-state index in [1.165, 1.54) is 55.6 Å². The third-order valence-electron chi connectivity index (χ3n) is 8.87. The summed E-state index contributed by atoms with van der Waals surface area (Å²) in [6.07, 6.45) is 0.967. The lowest BCUT2D eigenvalue weighted by Crippen LogP contribution is -1.99. The summed E-state index contributed by atoms with van der Waals surface area (Å²) in [6.45, 7) is 19.2. The van der Waals surface area contributed by atoms with Crippen molar-refractivity contribution in [1.29, 1.82) is 0 Å². The SMILES string of the molecule is CC.Cc1c(C)c(C)c(C)c(C)c1C.Cc1nc(-c2ccccc2)nc(-c2ccc3c(c2)Cc2ccccc2-3)n1.c1ccccc1. The molecule has 5 aromatic carbocycles. The van der Waals surface area contributed by atoms with E-state index in [0.717, 1.165) is 35.0 Å². The van der Waals surface area contributed by atoms with Crippen LogP contribution in [0.5, 0.6) is 0 Å². The number of hydrogen-bond donors (Lipinski definition) is 0. The van der Waals surface area contributed by atoms with Crippen molar-refractivity contribution in [2.45, 2.75) is 68.7 Å². The van der Waals surface area contributed by atoms with Crippen molar-refractivity contribution < 1.29 is 0 Å². The van der Waals surface area contributed by atoms with Gasteiger partial charge >= 0.3 is 0 Å². The molecule has 0 saturated heterocycles. The summed E-state index contributed by atoms with van der Waals surface area (Å²) in [4.78, 5) is 13.8. The predicted molar refractivity (Wildman–Crippen MR) is 196 cm³/mol. The highest BCUT2D eigenvalue weighted by atomic mass is 15.0. The van der Waals surface area contributed by atoms with Gasteiger partial charge in [-0.05, 0) is 117 Å². The van der Waals surface area contributed by atoms with Gasteiger partial charge < -0.3 is 0 Å². The molecule has 0 atom stereocenters. The fraction of sp³-hybridized carbons (Fsp3) is 0.233. The first-order chi connectivity index (χ1) is 22.2. The molecule has 0 aliphatic heterocycles. The van der Waals surface area contributed by atoms with Crippen LogP contribution in [0.2, 0.25) is 0 Å². The van der Waals surface area contributed by atoms with E-state index in [-0.39, 0.29) is 0 Å². The van der Waals surface area contributed by atoms with Crippen LogP contribution < -0.4 is 0 Å². The molecule has 0 bridgehead atoms. The van der Waals surface area contributed by atoms with Gasteiger partial charge in [-0.3, -0.25) is 0 Å². The normalized spacial score (nSPS) is 10.6. The van der Waals surface area contributed by atoms with Crippen LogP contribution in [0.1, 0.15) is 64.2 Å². The Bertz CT molecular complexity index is 1760. The fourth-order valence-corrected chi connectivity index (χ4v) is 5.68. The van der Waals surface area contributed by atoms with Crippen molar-refractivity contribution in [3.05, 3.63) is 160 Å². The Morgan fingerprint density at radius 1 is 0.391 bits per heavy atom. The van der Waals surface area contributed by atoms with Crippen molar-refractivity contribution in [3.8, 4) is 33.9 Å². The van der Waals surface area contributed by atoms with E-state index in [1.54, 1.807) is 0 Å². The van der Waals surface area contributed by atoms with Crippen LogP contribution in [-0.4, -0.2) is 15.0 Å². The first kappa shape index (κ1) is 34.0. The second kappa shape index (κ2) is 15.9. The Labute approximate surface area is 276 Å². The molecule has 234 valence electrons. The molecule has 7 rings (SSSR count). The van der Waals surface area contributed by atoms with Crippen LogP contribution in [0.25, 0.3) is 33.9 Å². The maximum Gasteiger partial charge on any atom is 0.163 e. The van der Waals surface area contributed by atoms with Crippen LogP contribution in [-0.2, 0) is 6.42 Å². The van der Waals surface area contributed by atoms with Crippen LogP contribution >= 0.6 is 0 Å². The summed E-state index contributed by atoms with van der Waals surface area (Å²) in [5.74, 6) is 2.18. The van der Waals surface area contributed by atoms with Crippen LogP contribution in [0.4, 0.5) is 0 Å². The lowest BCUT2D eigenvalue weighted by atomic mass is 9.90. The second-order valence-corrected chi connectivity index (χ2v) is 11.5. The van der Waals surface area contributed by atoms with E-state index in [9.17, 15) is 0 Å². The Hall–Kier alpha value is -4.89. The lowest BCUT2D eigenvalue weighted by molar-refractivity contribution is 0.991. The second-order valence-electron chi connectivity index (χ2n) is 11.5. The molecule has 1 aliphatic carbocycles. The van der Waals surface area contributed by atoms with Gasteiger partial charge in [-0.2, -0.15) is 0 Å². The van der Waals surface area contributed by atoms with E-state index in [4.69, 9.17) is 4.98 Å². The number of aromatic nitrogens is 3. The van der Waals surface area contributed by atoms with Crippen LogP contribution in [0.3, 0.4) is 0 Å². The molecular formula is C43H47N3. The van der Waals surface area contributed by atoms with Crippen molar-refractivity contribution in [1.82, 2.24) is 15.0 Å². The minimum absolute atomic E-state index is 0.719. The average molecular weight is 606 g/mol. The van der Waals surface area contributed by atoms with E-state index >= 15 is 0 Å². The van der Waals surface area contributed by atoms with Gasteiger partial charge in [0.25, 0.3) is 0 Å². The number of hydrogen-bond acceptors (Lipinski definition) is 3. The predicted octanol–water partition coefficient (Wildman–Crippen LogP) is 11.3. The molecule has 0 N–H and O–H groups in total. The first-order valence-corrected chi connectivity index (χ1v) is 16.3. The zero-order valence-electron chi connectivity index (χ0n) is 28.9. The molecule has 1 heterocycles. The monoisotopic (exact) mass is 605 g/mol. The highest BCUT2D eigenvalue weighted by molar-refractivity contribution is 5.79. The molecule has 3 nitrogen and oxygen atoms in total. The summed E-state index contributed by atoms with van der Waals surface area (Å²) in [5.41, 5.74) is 16.2. The van der Waals surface area contributed by atoms with Crippen molar-refractivity contribution in [2.24, 2.45) is 0 Å². The quantitative estimate of drug-likeness (QED) is 0.197. The topological polar surface area (TPSA) is 38.7 Å². The summed E-state index contributed by atoms with van der Waals surface area (Å²) >= 11 is 0. The molecule has 1 aromatic heterocycles. The van der Waals surface area contributed by atoms with E-state index in [0.29, 0.717) is 0 Å². The molecule has 0 saturated carbocycles. The van der Waals surface area contributed by atoms with Crippen molar-refractivity contribution in [2.75, 3.05) is 0 Å². The molecule has 46 heavy (non-hydrogen) atoms. The number of aryl methyl sites for hydroxylation is 1. The van der Waals surface area contributed by atoms with Gasteiger partial charge in [-0.15, -0.1) is 0 Å². The molecule has 0 amide bonds. The molecule has 6 aromatic rings. The Morgan fingerprint density at radius 3 is 1.33 bits per heavy atom. The highest BCUT2D eigenvalue weighted by Crippen LogP contribution is 2.38. The first-order valence-electron chi connectivity index (χ1n) is 16.3. The van der Waals surface area contributed by atoms with Gasteiger partial charge in [0.1, 0.15) is 5.82 Å². The summed E-state index contributed by atoms with van der Waals surface area (Å²) in [5, 5.41) is 0. The lowest BCUT2D eigenvalue weighted by Gasteiger charge is -2.15. The van der Waals surface area contributed by atoms with Gasteiger partial charge in [0, 0.05) is 11.1 Å². The number of rotatable bonds is 2. The maximum absolute atomic E-state index is 4.73. The minimum Gasteiger partial charge on any atom is -0.213 e. The zero-order chi connectivity index (χ0) is 33.2. The fourth-order valence-electron chi connectivity index (χ4n) is 5.68. The van der Waals surface area contributed by atoms with Gasteiger partial charge in [-0.1, -0.05) is 117 Å². The smallest absolute Gasteiger partial charge is 0.163 e. The Morgan fingerprint density at radius 2 is 0.804 bits per heavy atom. The number of benzene rings is 5. The molecule has 1 aliphatic rings. The molecule has 0 unspecified atom stereocenters. The number of fused-ring (bicyclic) bond motifs is 3. The van der Waals surface area contributed by atoms with Gasteiger partial charge in [0.05, 0.1) is 0 Å². The van der Waals surface area contributed by atoms with Crippen LogP contribution in [0.15, 0.2) is 109 Å². The molecule has 0 spiro atoms. The number of nitrogens with zero attached hydrogens (tertiary/aromatic N) is 3. The summed E-state index contributed by atoms with van der Waals surface area (Å²) < 4.78 is 0. The third kappa shape index (κ3) is 7.84. The minimum atomic E-state index is 0.719. The van der Waals surface area contributed by atoms with Crippen molar-refractivity contribution in [3.63, 3.8) is 0 Å². The van der Waals surface area contributed by atoms with E-state index in [1.807, 2.05) is 87.5 Å². The van der Waals surface area contributed by atoms with Crippen LogP contribution in [0, 0.1) is 48.5 Å². The van der Waals surface area contributed by atoms with Gasteiger partial charge in [-0.25, -0.2) is 15.0 Å². The molecular weight excluding hydrogens is 558 g/mol. The standard InChI is InChI=1S/C23H17N3.C12H18.C6H6.C2H6/c1-15-24-22(16-7-3-2-4-8-16)26-23(25-15)18-11-12-21-19(14-18)13-17-9-5-6-10-20(17)21;1-7-8(2)10(4)12(6)11(5)9(7)3;1-2-4-6-5-3-1;1-2/h2-12,14H,13H2,1H3;1-6H3;1-6H;1-2H3.